The van der Waals surface area contributed by atoms with E-state index in [1.165, 1.54) is 16.7 Å². The van der Waals surface area contributed by atoms with Gasteiger partial charge in [0.2, 0.25) is 0 Å². The van der Waals surface area contributed by atoms with E-state index >= 15 is 0 Å². The van der Waals surface area contributed by atoms with E-state index in [1.807, 2.05) is 0 Å². The number of sulfone groups is 1. The van der Waals surface area contributed by atoms with Crippen molar-refractivity contribution in [2.45, 2.75) is 12.5 Å². The van der Waals surface area contributed by atoms with Crippen molar-refractivity contribution in [3.05, 3.63) is 35.0 Å². The van der Waals surface area contributed by atoms with E-state index < -0.39 is 9.84 Å². The van der Waals surface area contributed by atoms with Gasteiger partial charge in [-0.2, -0.15) is 0 Å². The highest BCUT2D eigenvalue weighted by Gasteiger charge is 2.41. The number of thioether (sulfide) groups is 1. The van der Waals surface area contributed by atoms with Crippen LogP contribution in [0.2, 0.25) is 0 Å². The summed E-state index contributed by atoms with van der Waals surface area (Å²) >= 11 is 6.46. The molecule has 0 N–H and O–H groups in total. The van der Waals surface area contributed by atoms with Crippen LogP contribution in [0.15, 0.2) is 29.4 Å². The summed E-state index contributed by atoms with van der Waals surface area (Å²) in [6.45, 7) is 0. The van der Waals surface area contributed by atoms with E-state index in [2.05, 4.69) is 4.98 Å². The number of thiocarbonyl (C=S) groups is 1. The molecule has 0 bridgehead atoms. The minimum atomic E-state index is -3.05. The molecule has 1 atom stereocenters. The van der Waals surface area contributed by atoms with E-state index in [-0.39, 0.29) is 23.5 Å². The van der Waals surface area contributed by atoms with E-state index in [0.29, 0.717) is 15.6 Å². The molecule has 3 heterocycles. The maximum Gasteiger partial charge on any atom is 0.266 e. The first kappa shape index (κ1) is 14.7. The lowest BCUT2D eigenvalue weighted by molar-refractivity contribution is -0.123. The third-order valence-corrected chi connectivity index (χ3v) is 6.48. The monoisotopic (exact) mass is 340 g/mol. The second-order valence-electron chi connectivity index (χ2n) is 4.89. The molecule has 0 aliphatic carbocycles. The lowest BCUT2D eigenvalue weighted by Crippen LogP contribution is -2.39. The van der Waals surface area contributed by atoms with Crippen molar-refractivity contribution in [2.75, 3.05) is 11.5 Å². The van der Waals surface area contributed by atoms with Gasteiger partial charge in [0.05, 0.1) is 22.5 Å². The quantitative estimate of drug-likeness (QED) is 0.600. The minimum Gasteiger partial charge on any atom is -0.289 e. The first-order valence-corrected chi connectivity index (χ1v) is 9.38. The normalized spacial score (nSPS) is 26.8. The number of nitrogens with zero attached hydrogens (tertiary/aromatic N) is 2. The molecule has 2 aliphatic rings. The zero-order valence-corrected chi connectivity index (χ0v) is 13.4. The van der Waals surface area contributed by atoms with Crippen LogP contribution in [0.4, 0.5) is 0 Å². The van der Waals surface area contributed by atoms with Crippen LogP contribution in [-0.4, -0.2) is 46.1 Å². The van der Waals surface area contributed by atoms with Crippen LogP contribution in [0, 0.1) is 0 Å². The molecule has 0 aromatic carbocycles. The van der Waals surface area contributed by atoms with Crippen molar-refractivity contribution >= 4 is 50.1 Å². The Morgan fingerprint density at radius 3 is 2.71 bits per heavy atom. The molecule has 110 valence electrons. The predicted octanol–water partition coefficient (Wildman–Crippen LogP) is 1.47. The Kier molecular flexibility index (Phi) is 3.85. The van der Waals surface area contributed by atoms with Crippen molar-refractivity contribution in [1.82, 2.24) is 9.88 Å². The number of pyridine rings is 1. The Hall–Kier alpha value is -1.25. The van der Waals surface area contributed by atoms with Gasteiger partial charge in [-0.05, 0) is 30.2 Å². The average Bonchev–Trinajstić information content (AvgIpc) is 2.91. The Labute approximate surface area is 132 Å². The molecule has 2 aliphatic heterocycles. The van der Waals surface area contributed by atoms with Crippen LogP contribution >= 0.6 is 24.0 Å². The van der Waals surface area contributed by atoms with Crippen LogP contribution < -0.4 is 0 Å². The smallest absolute Gasteiger partial charge is 0.266 e. The maximum atomic E-state index is 12.5. The van der Waals surface area contributed by atoms with E-state index in [1.54, 1.807) is 30.6 Å². The zero-order valence-electron chi connectivity index (χ0n) is 10.9. The summed E-state index contributed by atoms with van der Waals surface area (Å²) in [4.78, 5) is 18.4. The molecule has 5 nitrogen and oxygen atoms in total. The average molecular weight is 340 g/mol. The fraction of sp³-hybridized carbons (Fsp3) is 0.308. The third kappa shape index (κ3) is 3.02. The largest absolute Gasteiger partial charge is 0.289 e. The van der Waals surface area contributed by atoms with Crippen molar-refractivity contribution in [2.24, 2.45) is 0 Å². The summed E-state index contributed by atoms with van der Waals surface area (Å²) in [7, 11) is -3.05. The minimum absolute atomic E-state index is 0.00196. The van der Waals surface area contributed by atoms with Crippen LogP contribution in [-0.2, 0) is 14.6 Å². The van der Waals surface area contributed by atoms with Gasteiger partial charge in [0.1, 0.15) is 4.32 Å². The summed E-state index contributed by atoms with van der Waals surface area (Å²) in [6.07, 6.45) is 5.51. The van der Waals surface area contributed by atoms with E-state index in [0.717, 1.165) is 5.56 Å². The number of carbonyl (C=O) groups is 1. The fourth-order valence-corrected chi connectivity index (χ4v) is 5.48. The molecule has 1 aromatic rings. The first-order valence-electron chi connectivity index (χ1n) is 6.34. The molecule has 0 radical (unpaired) electrons. The Bertz CT molecular complexity index is 728. The molecule has 2 fully saturated rings. The molecule has 0 saturated carbocycles. The summed E-state index contributed by atoms with van der Waals surface area (Å²) in [5.74, 6) is -0.0796. The zero-order chi connectivity index (χ0) is 15.0. The highest BCUT2D eigenvalue weighted by atomic mass is 32.2. The highest BCUT2D eigenvalue weighted by Crippen LogP contribution is 2.36. The maximum absolute atomic E-state index is 12.5. The van der Waals surface area contributed by atoms with Crippen LogP contribution in [0.25, 0.3) is 6.08 Å². The van der Waals surface area contributed by atoms with Crippen molar-refractivity contribution in [3.8, 4) is 0 Å². The molecule has 21 heavy (non-hydrogen) atoms. The van der Waals surface area contributed by atoms with Gasteiger partial charge in [-0.25, -0.2) is 8.42 Å². The molecule has 1 aromatic heterocycles. The molecule has 2 saturated heterocycles. The molecule has 0 unspecified atom stereocenters. The lowest BCUT2D eigenvalue weighted by Gasteiger charge is -2.20. The van der Waals surface area contributed by atoms with Crippen molar-refractivity contribution < 1.29 is 13.2 Å². The topological polar surface area (TPSA) is 67.3 Å². The molecular formula is C13H12N2O3S3. The molecule has 3 rings (SSSR count). The van der Waals surface area contributed by atoms with Gasteiger partial charge < -0.3 is 0 Å². The van der Waals surface area contributed by atoms with Crippen molar-refractivity contribution in [1.29, 1.82) is 0 Å². The Morgan fingerprint density at radius 2 is 2.10 bits per heavy atom. The SMILES string of the molecule is O=C1/C(=C/c2ccncc2)SC(=S)N1[C@@H]1CCS(=O)(=O)C1. The summed E-state index contributed by atoms with van der Waals surface area (Å²) < 4.78 is 23.6. The van der Waals surface area contributed by atoms with Gasteiger partial charge >= 0.3 is 0 Å². The second kappa shape index (κ2) is 5.51. The van der Waals surface area contributed by atoms with Gasteiger partial charge in [0.15, 0.2) is 9.84 Å². The van der Waals surface area contributed by atoms with Crippen molar-refractivity contribution in [3.63, 3.8) is 0 Å². The highest BCUT2D eigenvalue weighted by molar-refractivity contribution is 8.26. The number of hydrogen-bond donors (Lipinski definition) is 0. The predicted molar refractivity (Wildman–Crippen MR) is 86.3 cm³/mol. The van der Waals surface area contributed by atoms with Crippen LogP contribution in [0.5, 0.6) is 0 Å². The Morgan fingerprint density at radius 1 is 1.38 bits per heavy atom. The number of amides is 1. The number of aromatic nitrogens is 1. The molecule has 1 amide bonds. The third-order valence-electron chi connectivity index (χ3n) is 3.40. The lowest BCUT2D eigenvalue weighted by atomic mass is 10.2. The standard InChI is InChI=1S/C13H12N2O3S3/c16-12-11(7-9-1-4-14-5-2-9)20-13(19)15(12)10-3-6-21(17,18)8-10/h1-2,4-5,7,10H,3,6,8H2/b11-7-/t10-/m1/s1. The summed E-state index contributed by atoms with van der Waals surface area (Å²) in [6, 6.07) is 3.27. The number of carbonyl (C=O) groups excluding carboxylic acids is 1. The van der Waals surface area contributed by atoms with E-state index in [4.69, 9.17) is 12.2 Å². The number of rotatable bonds is 2. The molecule has 0 spiro atoms. The first-order chi connectivity index (χ1) is 9.96. The van der Waals surface area contributed by atoms with Crippen LogP contribution in [0.3, 0.4) is 0 Å². The number of hydrogen-bond acceptors (Lipinski definition) is 6. The molecule has 8 heteroatoms. The second-order valence-corrected chi connectivity index (χ2v) is 8.79. The van der Waals surface area contributed by atoms with Gasteiger partial charge in [0.25, 0.3) is 5.91 Å². The Balaban J connectivity index is 1.85. The van der Waals surface area contributed by atoms with Gasteiger partial charge in [0, 0.05) is 12.4 Å². The van der Waals surface area contributed by atoms with Gasteiger partial charge in [-0.15, -0.1) is 0 Å². The summed E-state index contributed by atoms with van der Waals surface area (Å²) in [5, 5.41) is 0. The van der Waals surface area contributed by atoms with Gasteiger partial charge in [-0.3, -0.25) is 14.7 Å². The van der Waals surface area contributed by atoms with E-state index in [9.17, 15) is 13.2 Å². The summed E-state index contributed by atoms with van der Waals surface area (Å²) in [5.41, 5.74) is 0.865. The molecular weight excluding hydrogens is 328 g/mol. The fourth-order valence-electron chi connectivity index (χ4n) is 2.38. The van der Waals surface area contributed by atoms with Crippen LogP contribution in [0.1, 0.15) is 12.0 Å². The van der Waals surface area contributed by atoms with Gasteiger partial charge in [-0.1, -0.05) is 24.0 Å².